The van der Waals surface area contributed by atoms with E-state index in [9.17, 15) is 22.8 Å². The molecule has 14 heteroatoms. The number of rotatable bonds is 19. The van der Waals surface area contributed by atoms with Crippen molar-refractivity contribution in [2.75, 3.05) is 46.1 Å². The van der Waals surface area contributed by atoms with E-state index in [1.807, 2.05) is 37.3 Å². The van der Waals surface area contributed by atoms with Crippen molar-refractivity contribution in [1.82, 2.24) is 20.3 Å². The van der Waals surface area contributed by atoms with E-state index in [2.05, 4.69) is 20.3 Å². The zero-order valence-electron chi connectivity index (χ0n) is 27.5. The molecule has 2 amide bonds. The third-order valence-corrected chi connectivity index (χ3v) is 8.77. The van der Waals surface area contributed by atoms with Crippen molar-refractivity contribution in [3.63, 3.8) is 0 Å². The Morgan fingerprint density at radius 3 is 2.22 bits per heavy atom. The molecular weight excluding hydrogens is 652 g/mol. The van der Waals surface area contributed by atoms with E-state index in [4.69, 9.17) is 18.9 Å². The van der Waals surface area contributed by atoms with Gasteiger partial charge in [0.05, 0.1) is 37.9 Å². The lowest BCUT2D eigenvalue weighted by Gasteiger charge is -2.17. The van der Waals surface area contributed by atoms with Gasteiger partial charge in [-0.3, -0.25) is 9.59 Å². The molecule has 4 rings (SSSR count). The van der Waals surface area contributed by atoms with Gasteiger partial charge in [0.25, 0.3) is 5.91 Å². The fraction of sp³-hybridized carbons (Fsp3) is 0.343. The molecule has 13 nitrogen and oxygen atoms in total. The van der Waals surface area contributed by atoms with Crippen LogP contribution in [-0.2, 0) is 46.8 Å². The first-order valence-corrected chi connectivity index (χ1v) is 17.4. The lowest BCUT2D eigenvalue weighted by Crippen LogP contribution is -2.43. The number of H-pyrrole nitrogens is 1. The van der Waals surface area contributed by atoms with Crippen molar-refractivity contribution in [3.8, 4) is 0 Å². The maximum absolute atomic E-state index is 13.1. The van der Waals surface area contributed by atoms with Crippen LogP contribution in [0, 0.1) is 6.92 Å². The molecule has 0 bridgehead atoms. The van der Waals surface area contributed by atoms with Gasteiger partial charge in [0, 0.05) is 42.2 Å². The van der Waals surface area contributed by atoms with Crippen molar-refractivity contribution in [2.45, 2.75) is 37.8 Å². The second-order valence-corrected chi connectivity index (χ2v) is 12.7. The first-order valence-electron chi connectivity index (χ1n) is 15.9. The number of nitrogens with one attached hydrogen (secondary N) is 4. The number of aromatic amines is 1. The predicted molar refractivity (Wildman–Crippen MR) is 183 cm³/mol. The zero-order valence-corrected chi connectivity index (χ0v) is 28.3. The van der Waals surface area contributed by atoms with Gasteiger partial charge >= 0.3 is 12.1 Å². The minimum absolute atomic E-state index is 0.000680. The number of esters is 1. The van der Waals surface area contributed by atoms with E-state index in [-0.39, 0.29) is 43.6 Å². The lowest BCUT2D eigenvalue weighted by molar-refractivity contribution is -0.145. The molecular formula is C35H42N4O9S. The smallest absolute Gasteiger partial charge is 0.407 e. The van der Waals surface area contributed by atoms with Gasteiger partial charge in [-0.15, -0.1) is 0 Å². The number of amides is 2. The molecule has 1 unspecified atom stereocenters. The number of benzene rings is 3. The summed E-state index contributed by atoms with van der Waals surface area (Å²) in [6.07, 6.45) is 1.16. The Morgan fingerprint density at radius 2 is 1.53 bits per heavy atom. The molecule has 0 saturated carbocycles. The number of aromatic nitrogens is 1. The largest absolute Gasteiger partial charge is 0.465 e. The summed E-state index contributed by atoms with van der Waals surface area (Å²) >= 11 is 0. The number of fused-ring (bicyclic) bond motifs is 1. The SMILES string of the molecule is CCOC(=O)C(Cc1c[nH]c2ccc(C(=O)NCCOCCOCCNC(=O)OCc3ccccc3)cc12)NS(=O)(=O)c1ccc(C)cc1. The normalized spacial score (nSPS) is 12.0. The summed E-state index contributed by atoms with van der Waals surface area (Å²) in [5, 5.41) is 6.10. The Hall–Kier alpha value is -4.76. The van der Waals surface area contributed by atoms with E-state index in [0.717, 1.165) is 16.6 Å². The minimum Gasteiger partial charge on any atom is -0.465 e. The second-order valence-electron chi connectivity index (χ2n) is 11.0. The number of aryl methyl sites for hydroxylation is 1. The number of carbonyl (C=O) groups is 3. The summed E-state index contributed by atoms with van der Waals surface area (Å²) < 4.78 is 49.9. The van der Waals surface area contributed by atoms with Crippen LogP contribution in [0.15, 0.2) is 83.9 Å². The van der Waals surface area contributed by atoms with Crippen LogP contribution in [0.25, 0.3) is 10.9 Å². The molecule has 262 valence electrons. The van der Waals surface area contributed by atoms with Gasteiger partial charge in [-0.1, -0.05) is 48.0 Å². The van der Waals surface area contributed by atoms with E-state index in [1.54, 1.807) is 43.5 Å². The highest BCUT2D eigenvalue weighted by molar-refractivity contribution is 7.89. The van der Waals surface area contributed by atoms with Crippen LogP contribution in [0.3, 0.4) is 0 Å². The van der Waals surface area contributed by atoms with E-state index in [0.29, 0.717) is 42.9 Å². The van der Waals surface area contributed by atoms with Crippen molar-refractivity contribution in [1.29, 1.82) is 0 Å². The summed E-state index contributed by atoms with van der Waals surface area (Å²) in [7, 11) is -4.02. The summed E-state index contributed by atoms with van der Waals surface area (Å²) in [6.45, 7) is 5.51. The van der Waals surface area contributed by atoms with Crippen LogP contribution in [-0.4, -0.2) is 83.5 Å². The molecule has 0 fully saturated rings. The molecule has 0 spiro atoms. The van der Waals surface area contributed by atoms with E-state index in [1.165, 1.54) is 12.1 Å². The number of hydrogen-bond acceptors (Lipinski definition) is 9. The quantitative estimate of drug-likeness (QED) is 0.0845. The molecule has 0 saturated heterocycles. The Bertz CT molecular complexity index is 1780. The maximum atomic E-state index is 13.1. The highest BCUT2D eigenvalue weighted by Gasteiger charge is 2.28. The molecule has 0 radical (unpaired) electrons. The molecule has 1 heterocycles. The van der Waals surface area contributed by atoms with Gasteiger partial charge in [-0.05, 0) is 55.3 Å². The van der Waals surface area contributed by atoms with Gasteiger partial charge < -0.3 is 34.6 Å². The molecule has 1 aromatic heterocycles. The summed E-state index contributed by atoms with van der Waals surface area (Å²) in [4.78, 5) is 40.6. The standard InChI is InChI=1S/C35H42N4O9S/c1-3-47-34(41)32(39-49(43,44)29-12-9-25(2)10-13-29)22-28-23-38-31-14-11-27(21-30(28)31)33(40)36-15-17-45-19-20-46-18-16-37-35(42)48-24-26-7-5-4-6-8-26/h4-14,21,23,32,38-39H,3,15-20,22,24H2,1-2H3,(H,36,40)(H,37,42). The van der Waals surface area contributed by atoms with Crippen LogP contribution in [0.1, 0.15) is 34.0 Å². The maximum Gasteiger partial charge on any atom is 0.407 e. The number of sulfonamides is 1. The van der Waals surface area contributed by atoms with E-state index < -0.39 is 28.1 Å². The van der Waals surface area contributed by atoms with Crippen molar-refractivity contribution < 1.29 is 41.7 Å². The molecule has 0 aliphatic carbocycles. The number of hydrogen-bond donors (Lipinski definition) is 4. The number of ether oxygens (including phenoxy) is 4. The predicted octanol–water partition coefficient (Wildman–Crippen LogP) is 3.62. The number of alkyl carbamates (subject to hydrolysis) is 1. The summed E-state index contributed by atoms with van der Waals surface area (Å²) in [5.41, 5.74) is 3.55. The Morgan fingerprint density at radius 1 is 0.837 bits per heavy atom. The second kappa shape index (κ2) is 18.7. The van der Waals surface area contributed by atoms with E-state index >= 15 is 0 Å². The third-order valence-electron chi connectivity index (χ3n) is 7.29. The fourth-order valence-electron chi connectivity index (χ4n) is 4.76. The van der Waals surface area contributed by atoms with Crippen LogP contribution in [0.5, 0.6) is 0 Å². The lowest BCUT2D eigenvalue weighted by atomic mass is 10.0. The molecule has 0 aliphatic rings. The monoisotopic (exact) mass is 694 g/mol. The Balaban J connectivity index is 1.19. The molecule has 49 heavy (non-hydrogen) atoms. The summed E-state index contributed by atoms with van der Waals surface area (Å²) in [6, 6.07) is 19.6. The minimum atomic E-state index is -4.02. The fourth-order valence-corrected chi connectivity index (χ4v) is 5.94. The number of carbonyl (C=O) groups excluding carboxylic acids is 3. The highest BCUT2D eigenvalue weighted by Crippen LogP contribution is 2.22. The van der Waals surface area contributed by atoms with Gasteiger partial charge in [-0.2, -0.15) is 4.72 Å². The van der Waals surface area contributed by atoms with Crippen LogP contribution in [0.4, 0.5) is 4.79 Å². The van der Waals surface area contributed by atoms with Gasteiger partial charge in [0.15, 0.2) is 0 Å². The topological polar surface area (TPSA) is 174 Å². The highest BCUT2D eigenvalue weighted by atomic mass is 32.2. The molecule has 3 aromatic carbocycles. The van der Waals surface area contributed by atoms with Gasteiger partial charge in [0.2, 0.25) is 10.0 Å². The molecule has 0 aliphatic heterocycles. The Kier molecular flexibility index (Phi) is 14.1. The summed E-state index contributed by atoms with van der Waals surface area (Å²) in [5.74, 6) is -1.02. The molecule has 4 N–H and O–H groups in total. The average molecular weight is 695 g/mol. The average Bonchev–Trinajstić information content (AvgIpc) is 3.50. The first-order chi connectivity index (χ1) is 23.7. The van der Waals surface area contributed by atoms with Crippen molar-refractivity contribution >= 4 is 38.9 Å². The third kappa shape index (κ3) is 11.7. The molecule has 1 atom stereocenters. The first kappa shape index (κ1) is 37.1. The molecule has 4 aromatic rings. The van der Waals surface area contributed by atoms with Crippen molar-refractivity contribution in [3.05, 3.63) is 101 Å². The van der Waals surface area contributed by atoms with Crippen LogP contribution >= 0.6 is 0 Å². The zero-order chi connectivity index (χ0) is 35.1. The van der Waals surface area contributed by atoms with Crippen molar-refractivity contribution in [2.24, 2.45) is 0 Å². The van der Waals surface area contributed by atoms with Crippen LogP contribution in [0.2, 0.25) is 0 Å². The Labute approximate surface area is 285 Å². The van der Waals surface area contributed by atoms with Gasteiger partial charge in [-0.25, -0.2) is 13.2 Å². The van der Waals surface area contributed by atoms with Gasteiger partial charge in [0.1, 0.15) is 12.6 Å². The van der Waals surface area contributed by atoms with Crippen LogP contribution < -0.4 is 15.4 Å².